The Morgan fingerprint density at radius 1 is 1.12 bits per heavy atom. The van der Waals surface area contributed by atoms with Gasteiger partial charge in [-0.1, -0.05) is 18.2 Å². The molecule has 86 valence electrons. The van der Waals surface area contributed by atoms with Crippen molar-refractivity contribution in [1.82, 2.24) is 0 Å². The number of rotatable bonds is 1. The van der Waals surface area contributed by atoms with Gasteiger partial charge in [0.15, 0.2) is 5.43 Å². The first-order valence-electron chi connectivity index (χ1n) is 6.07. The lowest BCUT2D eigenvalue weighted by Gasteiger charge is -2.12. The molecule has 0 N–H and O–H groups in total. The molecule has 0 bridgehead atoms. The van der Waals surface area contributed by atoms with Crippen molar-refractivity contribution in [2.24, 2.45) is 0 Å². The quantitative estimate of drug-likeness (QED) is 0.731. The maximum absolute atomic E-state index is 12.0. The summed E-state index contributed by atoms with van der Waals surface area (Å²) in [5, 5.41) is 0.845. The Kier molecular flexibility index (Phi) is 2.81. The summed E-state index contributed by atoms with van der Waals surface area (Å²) in [5.74, 6) is 0. The van der Waals surface area contributed by atoms with E-state index < -0.39 is 0 Å². The van der Waals surface area contributed by atoms with Crippen LogP contribution in [-0.2, 0) is 0 Å². The molecule has 0 amide bonds. The molecule has 3 rings (SSSR count). The number of allylic oxidation sites excluding steroid dienone is 2. The van der Waals surface area contributed by atoms with Crippen molar-refractivity contribution in [2.75, 3.05) is 0 Å². The fraction of sp³-hybridized carbons (Fsp3) is 0.267. The molecule has 0 aliphatic heterocycles. The first-order valence-corrected chi connectivity index (χ1v) is 6.88. The molecule has 1 nitrogen and oxygen atoms in total. The maximum atomic E-state index is 12.0. The molecular formula is C15H14OS. The minimum Gasteiger partial charge on any atom is -0.289 e. The third-order valence-electron chi connectivity index (χ3n) is 3.24. The van der Waals surface area contributed by atoms with Gasteiger partial charge in [0.2, 0.25) is 0 Å². The molecule has 1 aliphatic carbocycles. The van der Waals surface area contributed by atoms with Gasteiger partial charge < -0.3 is 0 Å². The van der Waals surface area contributed by atoms with Gasteiger partial charge in [0.05, 0.1) is 0 Å². The lowest BCUT2D eigenvalue weighted by Crippen LogP contribution is -2.01. The summed E-state index contributed by atoms with van der Waals surface area (Å²) in [7, 11) is 0. The van der Waals surface area contributed by atoms with Crippen LogP contribution in [0.2, 0.25) is 0 Å². The number of hydrogen-bond donors (Lipinski definition) is 0. The second kappa shape index (κ2) is 4.46. The van der Waals surface area contributed by atoms with E-state index in [1.807, 2.05) is 30.3 Å². The minimum atomic E-state index is 0.154. The Morgan fingerprint density at radius 2 is 2.00 bits per heavy atom. The van der Waals surface area contributed by atoms with Gasteiger partial charge >= 0.3 is 0 Å². The predicted molar refractivity (Wildman–Crippen MR) is 74.5 cm³/mol. The van der Waals surface area contributed by atoms with Crippen molar-refractivity contribution in [3.05, 3.63) is 51.5 Å². The molecule has 0 atom stereocenters. The molecule has 0 radical (unpaired) electrons. The van der Waals surface area contributed by atoms with E-state index in [9.17, 15) is 4.79 Å². The van der Waals surface area contributed by atoms with Crippen LogP contribution in [0.5, 0.6) is 0 Å². The van der Waals surface area contributed by atoms with Crippen LogP contribution in [0.1, 0.15) is 30.6 Å². The highest BCUT2D eigenvalue weighted by Gasteiger charge is 2.09. The van der Waals surface area contributed by atoms with E-state index in [4.69, 9.17) is 0 Å². The SMILES string of the molecule is O=c1cc(C2=CCCCC2)sc2ccccc12. The Labute approximate surface area is 104 Å². The molecule has 1 heterocycles. The lowest BCUT2D eigenvalue weighted by molar-refractivity contribution is 0.743. The van der Waals surface area contributed by atoms with E-state index in [1.54, 1.807) is 11.3 Å². The summed E-state index contributed by atoms with van der Waals surface area (Å²) in [4.78, 5) is 13.2. The first kappa shape index (κ1) is 10.7. The highest BCUT2D eigenvalue weighted by Crippen LogP contribution is 2.31. The number of hydrogen-bond acceptors (Lipinski definition) is 2. The molecule has 0 saturated carbocycles. The summed E-state index contributed by atoms with van der Waals surface area (Å²) in [5.41, 5.74) is 1.52. The third-order valence-corrected chi connectivity index (χ3v) is 4.42. The summed E-state index contributed by atoms with van der Waals surface area (Å²) >= 11 is 1.74. The standard InChI is InChI=1S/C15H14OS/c16-13-10-15(11-6-2-1-3-7-11)17-14-9-5-4-8-12(13)14/h4-6,8-10H,1-3,7H2. The number of benzene rings is 1. The zero-order valence-electron chi connectivity index (χ0n) is 9.61. The van der Waals surface area contributed by atoms with Gasteiger partial charge in [-0.05, 0) is 43.4 Å². The second-order valence-electron chi connectivity index (χ2n) is 4.45. The van der Waals surface area contributed by atoms with Gasteiger partial charge in [0, 0.05) is 21.0 Å². The van der Waals surface area contributed by atoms with Crippen molar-refractivity contribution in [3.8, 4) is 0 Å². The maximum Gasteiger partial charge on any atom is 0.188 e. The van der Waals surface area contributed by atoms with Crippen molar-refractivity contribution in [2.45, 2.75) is 25.7 Å². The average Bonchev–Trinajstić information content (AvgIpc) is 2.40. The van der Waals surface area contributed by atoms with E-state index in [2.05, 4.69) is 6.08 Å². The van der Waals surface area contributed by atoms with E-state index >= 15 is 0 Å². The largest absolute Gasteiger partial charge is 0.289 e. The van der Waals surface area contributed by atoms with Crippen LogP contribution in [0.4, 0.5) is 0 Å². The van der Waals surface area contributed by atoms with Crippen molar-refractivity contribution in [3.63, 3.8) is 0 Å². The Morgan fingerprint density at radius 3 is 2.82 bits per heavy atom. The highest BCUT2D eigenvalue weighted by atomic mass is 32.1. The van der Waals surface area contributed by atoms with E-state index in [0.29, 0.717) is 0 Å². The molecule has 1 aliphatic rings. The summed E-state index contributed by atoms with van der Waals surface area (Å²) in [6.07, 6.45) is 7.10. The van der Waals surface area contributed by atoms with Crippen LogP contribution in [0.3, 0.4) is 0 Å². The molecule has 2 heteroatoms. The van der Waals surface area contributed by atoms with Gasteiger partial charge in [-0.15, -0.1) is 11.3 Å². The van der Waals surface area contributed by atoms with Crippen LogP contribution < -0.4 is 5.43 Å². The molecule has 1 aromatic heterocycles. The zero-order chi connectivity index (χ0) is 11.7. The van der Waals surface area contributed by atoms with Gasteiger partial charge in [0.1, 0.15) is 0 Å². The third kappa shape index (κ3) is 2.05. The van der Waals surface area contributed by atoms with E-state index in [1.165, 1.54) is 18.4 Å². The van der Waals surface area contributed by atoms with Gasteiger partial charge in [-0.2, -0.15) is 0 Å². The van der Waals surface area contributed by atoms with Crippen molar-refractivity contribution in [1.29, 1.82) is 0 Å². The predicted octanol–water partition coefficient (Wildman–Crippen LogP) is 4.22. The van der Waals surface area contributed by atoms with Gasteiger partial charge in [0.25, 0.3) is 0 Å². The average molecular weight is 242 g/mol. The number of fused-ring (bicyclic) bond motifs is 1. The summed E-state index contributed by atoms with van der Waals surface area (Å²) in [6, 6.07) is 9.68. The summed E-state index contributed by atoms with van der Waals surface area (Å²) < 4.78 is 1.10. The second-order valence-corrected chi connectivity index (χ2v) is 5.53. The fourth-order valence-electron chi connectivity index (χ4n) is 2.32. The monoisotopic (exact) mass is 242 g/mol. The Balaban J connectivity index is 2.18. The molecular weight excluding hydrogens is 228 g/mol. The lowest BCUT2D eigenvalue weighted by atomic mass is 9.98. The van der Waals surface area contributed by atoms with Crippen LogP contribution in [0, 0.1) is 0 Å². The van der Waals surface area contributed by atoms with Crippen LogP contribution in [-0.4, -0.2) is 0 Å². The highest BCUT2D eigenvalue weighted by molar-refractivity contribution is 7.19. The normalized spacial score (nSPS) is 15.9. The van der Waals surface area contributed by atoms with Crippen molar-refractivity contribution < 1.29 is 0 Å². The molecule has 2 aromatic rings. The first-order chi connectivity index (χ1) is 8.34. The molecule has 0 unspecified atom stereocenters. The fourth-order valence-corrected chi connectivity index (χ4v) is 3.47. The van der Waals surface area contributed by atoms with Gasteiger partial charge in [-0.25, -0.2) is 0 Å². The zero-order valence-corrected chi connectivity index (χ0v) is 10.4. The van der Waals surface area contributed by atoms with E-state index in [-0.39, 0.29) is 5.43 Å². The molecule has 17 heavy (non-hydrogen) atoms. The Hall–Kier alpha value is -1.41. The van der Waals surface area contributed by atoms with Gasteiger partial charge in [-0.3, -0.25) is 4.79 Å². The van der Waals surface area contributed by atoms with Crippen LogP contribution >= 0.6 is 11.3 Å². The van der Waals surface area contributed by atoms with Crippen LogP contribution in [0.25, 0.3) is 15.7 Å². The molecule has 0 saturated heterocycles. The van der Waals surface area contributed by atoms with Crippen LogP contribution in [0.15, 0.2) is 41.2 Å². The minimum absolute atomic E-state index is 0.154. The topological polar surface area (TPSA) is 17.1 Å². The molecule has 0 fully saturated rings. The Bertz CT molecular complexity index is 637. The summed E-state index contributed by atoms with van der Waals surface area (Å²) in [6.45, 7) is 0. The van der Waals surface area contributed by atoms with Crippen molar-refractivity contribution >= 4 is 27.0 Å². The molecule has 0 spiro atoms. The molecule has 1 aromatic carbocycles. The van der Waals surface area contributed by atoms with E-state index in [0.717, 1.165) is 27.8 Å². The smallest absolute Gasteiger partial charge is 0.188 e.